The monoisotopic (exact) mass is 247 g/mol. The molecule has 0 amide bonds. The minimum absolute atomic E-state index is 0.284. The Bertz CT molecular complexity index is 533. The standard InChI is InChI=1S/C12H17N5O/c1-4-12(3,7-13)11-16-10(17-18-11)9-5-6-14-8(2)15-9/h5-6H,4,7,13H2,1-3H3. The second-order valence-corrected chi connectivity index (χ2v) is 4.53. The highest BCUT2D eigenvalue weighted by Gasteiger charge is 2.30. The maximum atomic E-state index is 5.77. The van der Waals surface area contributed by atoms with Crippen molar-refractivity contribution >= 4 is 0 Å². The van der Waals surface area contributed by atoms with Gasteiger partial charge in [0.05, 0.1) is 5.41 Å². The van der Waals surface area contributed by atoms with Gasteiger partial charge in [-0.05, 0) is 26.3 Å². The van der Waals surface area contributed by atoms with Gasteiger partial charge in [-0.1, -0.05) is 12.1 Å². The zero-order valence-corrected chi connectivity index (χ0v) is 10.8. The van der Waals surface area contributed by atoms with Crippen LogP contribution in [0.4, 0.5) is 0 Å². The van der Waals surface area contributed by atoms with Gasteiger partial charge >= 0.3 is 0 Å². The molecule has 0 bridgehead atoms. The summed E-state index contributed by atoms with van der Waals surface area (Å²) < 4.78 is 5.30. The van der Waals surface area contributed by atoms with E-state index in [4.69, 9.17) is 10.3 Å². The molecule has 2 rings (SSSR count). The maximum Gasteiger partial charge on any atom is 0.234 e. The first-order valence-corrected chi connectivity index (χ1v) is 5.93. The molecular formula is C12H17N5O. The summed E-state index contributed by atoms with van der Waals surface area (Å²) in [4.78, 5) is 12.7. The molecule has 2 heterocycles. The summed E-state index contributed by atoms with van der Waals surface area (Å²) in [7, 11) is 0. The number of aryl methyl sites for hydroxylation is 1. The van der Waals surface area contributed by atoms with Crippen LogP contribution in [0.5, 0.6) is 0 Å². The van der Waals surface area contributed by atoms with E-state index in [1.54, 1.807) is 12.3 Å². The molecular weight excluding hydrogens is 230 g/mol. The molecule has 0 spiro atoms. The third-order valence-corrected chi connectivity index (χ3v) is 3.18. The Labute approximate surface area is 106 Å². The third kappa shape index (κ3) is 2.24. The number of hydrogen-bond acceptors (Lipinski definition) is 6. The van der Waals surface area contributed by atoms with Gasteiger partial charge in [0.2, 0.25) is 11.7 Å². The van der Waals surface area contributed by atoms with Crippen molar-refractivity contribution < 1.29 is 4.52 Å². The van der Waals surface area contributed by atoms with Gasteiger partial charge in [-0.2, -0.15) is 4.98 Å². The van der Waals surface area contributed by atoms with Crippen LogP contribution >= 0.6 is 0 Å². The average molecular weight is 247 g/mol. The SMILES string of the molecule is CCC(C)(CN)c1nc(-c2ccnc(C)n2)no1. The van der Waals surface area contributed by atoms with Crippen LogP contribution in [0.15, 0.2) is 16.8 Å². The van der Waals surface area contributed by atoms with Crippen molar-refractivity contribution in [3.8, 4) is 11.5 Å². The van der Waals surface area contributed by atoms with Gasteiger partial charge in [0, 0.05) is 12.7 Å². The first-order chi connectivity index (χ1) is 8.59. The van der Waals surface area contributed by atoms with Gasteiger partial charge in [-0.3, -0.25) is 0 Å². The maximum absolute atomic E-state index is 5.77. The largest absolute Gasteiger partial charge is 0.338 e. The summed E-state index contributed by atoms with van der Waals surface area (Å²) in [6.07, 6.45) is 2.52. The van der Waals surface area contributed by atoms with E-state index in [0.29, 0.717) is 29.8 Å². The molecule has 2 N–H and O–H groups in total. The quantitative estimate of drug-likeness (QED) is 0.879. The Morgan fingerprint density at radius 3 is 2.78 bits per heavy atom. The van der Waals surface area contributed by atoms with E-state index in [1.165, 1.54) is 0 Å². The second-order valence-electron chi connectivity index (χ2n) is 4.53. The molecule has 6 nitrogen and oxygen atoms in total. The highest BCUT2D eigenvalue weighted by molar-refractivity contribution is 5.47. The summed E-state index contributed by atoms with van der Waals surface area (Å²) in [5.41, 5.74) is 6.14. The van der Waals surface area contributed by atoms with Crippen molar-refractivity contribution in [1.29, 1.82) is 0 Å². The number of rotatable bonds is 4. The van der Waals surface area contributed by atoms with Crippen LogP contribution in [0.25, 0.3) is 11.5 Å². The lowest BCUT2D eigenvalue weighted by molar-refractivity contribution is 0.291. The Kier molecular flexibility index (Phi) is 3.38. The van der Waals surface area contributed by atoms with Crippen LogP contribution in [0.1, 0.15) is 32.0 Å². The third-order valence-electron chi connectivity index (χ3n) is 3.18. The number of nitrogens with two attached hydrogens (primary N) is 1. The summed E-state index contributed by atoms with van der Waals surface area (Å²) in [5, 5.41) is 3.96. The van der Waals surface area contributed by atoms with Crippen LogP contribution in [0, 0.1) is 6.92 Å². The summed E-state index contributed by atoms with van der Waals surface area (Å²) in [5.74, 6) is 1.71. The lowest BCUT2D eigenvalue weighted by Crippen LogP contribution is -2.31. The summed E-state index contributed by atoms with van der Waals surface area (Å²) in [6.45, 7) is 6.34. The minimum Gasteiger partial charge on any atom is -0.338 e. The van der Waals surface area contributed by atoms with Gasteiger partial charge < -0.3 is 10.3 Å². The molecule has 18 heavy (non-hydrogen) atoms. The molecule has 1 unspecified atom stereocenters. The van der Waals surface area contributed by atoms with E-state index < -0.39 is 0 Å². The van der Waals surface area contributed by atoms with Gasteiger partial charge in [0.1, 0.15) is 11.5 Å². The molecule has 0 saturated carbocycles. The Balaban J connectivity index is 2.36. The molecule has 0 aliphatic carbocycles. The molecule has 2 aromatic rings. The van der Waals surface area contributed by atoms with Crippen LogP contribution < -0.4 is 5.73 Å². The van der Waals surface area contributed by atoms with E-state index in [2.05, 4.69) is 20.1 Å². The molecule has 1 atom stereocenters. The second kappa shape index (κ2) is 4.81. The fourth-order valence-electron chi connectivity index (χ4n) is 1.54. The average Bonchev–Trinajstić information content (AvgIpc) is 2.88. The molecule has 96 valence electrons. The Hall–Kier alpha value is -1.82. The molecule has 0 aromatic carbocycles. The van der Waals surface area contributed by atoms with Crippen molar-refractivity contribution in [1.82, 2.24) is 20.1 Å². The van der Waals surface area contributed by atoms with E-state index in [0.717, 1.165) is 6.42 Å². The van der Waals surface area contributed by atoms with Gasteiger partial charge in [-0.15, -0.1) is 0 Å². The van der Waals surface area contributed by atoms with Crippen molar-refractivity contribution in [2.24, 2.45) is 5.73 Å². The van der Waals surface area contributed by atoms with E-state index in [9.17, 15) is 0 Å². The Morgan fingerprint density at radius 1 is 1.39 bits per heavy atom. The zero-order valence-electron chi connectivity index (χ0n) is 10.8. The Morgan fingerprint density at radius 2 is 2.17 bits per heavy atom. The highest BCUT2D eigenvalue weighted by atomic mass is 16.5. The normalized spacial score (nSPS) is 14.4. The summed E-state index contributed by atoms with van der Waals surface area (Å²) in [6, 6.07) is 1.76. The van der Waals surface area contributed by atoms with E-state index in [-0.39, 0.29) is 5.41 Å². The van der Waals surface area contributed by atoms with Crippen molar-refractivity contribution in [3.05, 3.63) is 24.0 Å². The number of hydrogen-bond donors (Lipinski definition) is 1. The first kappa shape index (κ1) is 12.6. The molecule has 0 radical (unpaired) electrons. The topological polar surface area (TPSA) is 90.7 Å². The lowest BCUT2D eigenvalue weighted by atomic mass is 9.88. The molecule has 0 fully saturated rings. The molecule has 2 aromatic heterocycles. The van der Waals surface area contributed by atoms with Crippen molar-refractivity contribution in [2.45, 2.75) is 32.6 Å². The van der Waals surface area contributed by atoms with E-state index in [1.807, 2.05) is 20.8 Å². The van der Waals surface area contributed by atoms with Crippen LogP contribution in [0.3, 0.4) is 0 Å². The van der Waals surface area contributed by atoms with Crippen molar-refractivity contribution in [3.63, 3.8) is 0 Å². The lowest BCUT2D eigenvalue weighted by Gasteiger charge is -2.20. The van der Waals surface area contributed by atoms with Crippen LogP contribution in [-0.2, 0) is 5.41 Å². The van der Waals surface area contributed by atoms with E-state index >= 15 is 0 Å². The van der Waals surface area contributed by atoms with Crippen molar-refractivity contribution in [2.75, 3.05) is 6.54 Å². The molecule has 0 aliphatic rings. The molecule has 0 aliphatic heterocycles. The highest BCUT2D eigenvalue weighted by Crippen LogP contribution is 2.26. The van der Waals surface area contributed by atoms with Gasteiger partial charge in [-0.25, -0.2) is 9.97 Å². The number of nitrogens with zero attached hydrogens (tertiary/aromatic N) is 4. The smallest absolute Gasteiger partial charge is 0.234 e. The van der Waals surface area contributed by atoms with Crippen LogP contribution in [0.2, 0.25) is 0 Å². The molecule has 0 saturated heterocycles. The fourth-order valence-corrected chi connectivity index (χ4v) is 1.54. The predicted molar refractivity (Wildman–Crippen MR) is 66.8 cm³/mol. The van der Waals surface area contributed by atoms with Crippen LogP contribution in [-0.4, -0.2) is 26.7 Å². The van der Waals surface area contributed by atoms with Gasteiger partial charge in [0.15, 0.2) is 0 Å². The van der Waals surface area contributed by atoms with Gasteiger partial charge in [0.25, 0.3) is 0 Å². The molecule has 6 heteroatoms. The minimum atomic E-state index is -0.284. The summed E-state index contributed by atoms with van der Waals surface area (Å²) >= 11 is 0. The predicted octanol–water partition coefficient (Wildman–Crippen LogP) is 1.46. The fraction of sp³-hybridized carbons (Fsp3) is 0.500. The zero-order chi connectivity index (χ0) is 13.2. The number of aromatic nitrogens is 4. The first-order valence-electron chi connectivity index (χ1n) is 5.93.